The Kier molecular flexibility index (Phi) is 6.37. The summed E-state index contributed by atoms with van der Waals surface area (Å²) in [6.07, 6.45) is 0. The first-order valence-corrected chi connectivity index (χ1v) is 9.96. The lowest BCUT2D eigenvalue weighted by Gasteiger charge is -2.04. The molecule has 0 spiro atoms. The van der Waals surface area contributed by atoms with Crippen LogP contribution in [0.3, 0.4) is 0 Å². The fourth-order valence-corrected chi connectivity index (χ4v) is 4.25. The van der Waals surface area contributed by atoms with Crippen molar-refractivity contribution in [2.45, 2.75) is 10.1 Å². The third-order valence-electron chi connectivity index (χ3n) is 3.30. The molecule has 0 saturated heterocycles. The van der Waals surface area contributed by atoms with Crippen molar-refractivity contribution in [1.29, 1.82) is 0 Å². The van der Waals surface area contributed by atoms with Crippen LogP contribution < -0.4 is 10.1 Å². The molecule has 1 N–H and O–H groups in total. The molecule has 1 amide bonds. The summed E-state index contributed by atoms with van der Waals surface area (Å²) in [5.74, 6) is 1.18. The van der Waals surface area contributed by atoms with Crippen molar-refractivity contribution in [2.75, 3.05) is 12.4 Å². The Morgan fingerprint density at radius 2 is 2.08 bits per heavy atom. The number of amides is 1. The standard InChI is InChI=1S/C17H13Cl2N3O2S2/c1-24-12-4-2-3-10(7-12)9-25-17-22-21-16(26-17)20-15(23)13-6-5-11(18)8-14(13)19/h2-8H,9H2,1H3,(H,20,21,23). The smallest absolute Gasteiger partial charge is 0.259 e. The number of nitrogens with zero attached hydrogens (tertiary/aromatic N) is 2. The Labute approximate surface area is 168 Å². The Morgan fingerprint density at radius 3 is 2.85 bits per heavy atom. The molecule has 1 heterocycles. The van der Waals surface area contributed by atoms with Gasteiger partial charge >= 0.3 is 0 Å². The maximum atomic E-state index is 12.3. The van der Waals surface area contributed by atoms with Crippen LogP contribution in [-0.4, -0.2) is 23.2 Å². The van der Waals surface area contributed by atoms with Crippen LogP contribution >= 0.6 is 46.3 Å². The van der Waals surface area contributed by atoms with Crippen LogP contribution in [0.5, 0.6) is 5.75 Å². The maximum absolute atomic E-state index is 12.3. The summed E-state index contributed by atoms with van der Waals surface area (Å²) in [4.78, 5) is 12.3. The maximum Gasteiger partial charge on any atom is 0.259 e. The highest BCUT2D eigenvalue weighted by molar-refractivity contribution is 8.00. The number of nitrogens with one attached hydrogen (secondary N) is 1. The van der Waals surface area contributed by atoms with Gasteiger partial charge in [0, 0.05) is 10.8 Å². The number of ether oxygens (including phenoxy) is 1. The Morgan fingerprint density at radius 1 is 1.23 bits per heavy atom. The fraction of sp³-hybridized carbons (Fsp3) is 0.118. The number of aromatic nitrogens is 2. The van der Waals surface area contributed by atoms with E-state index < -0.39 is 0 Å². The molecule has 3 rings (SSSR count). The van der Waals surface area contributed by atoms with Crippen molar-refractivity contribution in [1.82, 2.24) is 10.2 Å². The molecule has 3 aromatic rings. The second-order valence-electron chi connectivity index (χ2n) is 5.09. The van der Waals surface area contributed by atoms with Crippen molar-refractivity contribution in [3.05, 3.63) is 63.6 Å². The van der Waals surface area contributed by atoms with E-state index in [0.717, 1.165) is 21.4 Å². The quantitative estimate of drug-likeness (QED) is 0.423. The average molecular weight is 426 g/mol. The first-order valence-electron chi connectivity index (χ1n) is 7.41. The van der Waals surface area contributed by atoms with Gasteiger partial charge in [0.15, 0.2) is 4.34 Å². The van der Waals surface area contributed by atoms with Crippen LogP contribution in [0, 0.1) is 0 Å². The molecule has 2 aromatic carbocycles. The summed E-state index contributed by atoms with van der Waals surface area (Å²) in [7, 11) is 1.64. The van der Waals surface area contributed by atoms with Crippen LogP contribution in [0.1, 0.15) is 15.9 Å². The van der Waals surface area contributed by atoms with Crippen molar-refractivity contribution >= 4 is 57.3 Å². The summed E-state index contributed by atoms with van der Waals surface area (Å²) in [5, 5.41) is 12.0. The van der Waals surface area contributed by atoms with Gasteiger partial charge in [-0.15, -0.1) is 10.2 Å². The van der Waals surface area contributed by atoms with Gasteiger partial charge in [-0.05, 0) is 35.9 Å². The molecule has 26 heavy (non-hydrogen) atoms. The van der Waals surface area contributed by atoms with Crippen molar-refractivity contribution in [3.63, 3.8) is 0 Å². The molecule has 0 atom stereocenters. The molecule has 0 aliphatic carbocycles. The Hall–Kier alpha value is -1.80. The molecular weight excluding hydrogens is 413 g/mol. The first-order chi connectivity index (χ1) is 12.5. The van der Waals surface area contributed by atoms with Gasteiger partial charge in [0.1, 0.15) is 5.75 Å². The number of hydrogen-bond donors (Lipinski definition) is 1. The van der Waals surface area contributed by atoms with Gasteiger partial charge in [0.05, 0.1) is 17.7 Å². The molecule has 1 aromatic heterocycles. The molecule has 0 bridgehead atoms. The molecule has 5 nitrogen and oxygen atoms in total. The van der Waals surface area contributed by atoms with Gasteiger partial charge in [-0.3, -0.25) is 10.1 Å². The van der Waals surface area contributed by atoms with E-state index in [9.17, 15) is 4.79 Å². The normalized spacial score (nSPS) is 10.6. The molecule has 9 heteroatoms. The van der Waals surface area contributed by atoms with Crippen LogP contribution in [0.15, 0.2) is 46.8 Å². The van der Waals surface area contributed by atoms with Gasteiger partial charge in [0.2, 0.25) is 5.13 Å². The highest BCUT2D eigenvalue weighted by Gasteiger charge is 2.14. The monoisotopic (exact) mass is 425 g/mol. The number of methoxy groups -OCH3 is 1. The summed E-state index contributed by atoms with van der Waals surface area (Å²) in [6.45, 7) is 0. The number of anilines is 1. The predicted molar refractivity (Wildman–Crippen MR) is 107 cm³/mol. The Bertz CT molecular complexity index is 934. The van der Waals surface area contributed by atoms with Gasteiger partial charge < -0.3 is 4.74 Å². The number of carbonyl (C=O) groups excluding carboxylic acids is 1. The highest BCUT2D eigenvalue weighted by atomic mass is 35.5. The number of rotatable bonds is 6. The van der Waals surface area contributed by atoms with E-state index >= 15 is 0 Å². The SMILES string of the molecule is COc1cccc(CSc2nnc(NC(=O)c3ccc(Cl)cc3Cl)s2)c1. The topological polar surface area (TPSA) is 64.1 Å². The largest absolute Gasteiger partial charge is 0.497 e. The third kappa shape index (κ3) is 4.88. The zero-order valence-corrected chi connectivity index (χ0v) is 16.7. The summed E-state index contributed by atoms with van der Waals surface area (Å²) in [5.41, 5.74) is 1.44. The second-order valence-corrected chi connectivity index (χ2v) is 8.14. The van der Waals surface area contributed by atoms with Crippen molar-refractivity contribution in [3.8, 4) is 5.75 Å². The zero-order chi connectivity index (χ0) is 18.5. The minimum Gasteiger partial charge on any atom is -0.497 e. The number of carbonyl (C=O) groups is 1. The van der Waals surface area contributed by atoms with E-state index in [1.165, 1.54) is 29.2 Å². The van der Waals surface area contributed by atoms with Crippen LogP contribution in [0.4, 0.5) is 5.13 Å². The second kappa shape index (κ2) is 8.73. The van der Waals surface area contributed by atoms with Crippen LogP contribution in [-0.2, 0) is 5.75 Å². The van der Waals surface area contributed by atoms with E-state index in [1.54, 1.807) is 19.2 Å². The average Bonchev–Trinajstić information content (AvgIpc) is 3.07. The molecule has 0 aliphatic heterocycles. The summed E-state index contributed by atoms with van der Waals surface area (Å²) < 4.78 is 5.97. The molecule has 0 aliphatic rings. The summed E-state index contributed by atoms with van der Waals surface area (Å²) in [6, 6.07) is 12.5. The molecule has 134 valence electrons. The van der Waals surface area contributed by atoms with Crippen molar-refractivity contribution in [2.24, 2.45) is 0 Å². The van der Waals surface area contributed by atoms with E-state index in [2.05, 4.69) is 15.5 Å². The fourth-order valence-electron chi connectivity index (χ4n) is 2.06. The minimum atomic E-state index is -0.354. The molecule has 0 unspecified atom stereocenters. The number of hydrogen-bond acceptors (Lipinski definition) is 6. The summed E-state index contributed by atoms with van der Waals surface area (Å²) >= 11 is 14.7. The number of benzene rings is 2. The van der Waals surface area contributed by atoms with Gasteiger partial charge in [0.25, 0.3) is 5.91 Å². The number of thioether (sulfide) groups is 1. The third-order valence-corrected chi connectivity index (χ3v) is 5.89. The highest BCUT2D eigenvalue weighted by Crippen LogP contribution is 2.30. The molecular formula is C17H13Cl2N3O2S2. The van der Waals surface area contributed by atoms with Gasteiger partial charge in [-0.1, -0.05) is 58.4 Å². The van der Waals surface area contributed by atoms with E-state index in [-0.39, 0.29) is 10.9 Å². The van der Waals surface area contributed by atoms with Crippen molar-refractivity contribution < 1.29 is 9.53 Å². The van der Waals surface area contributed by atoms with E-state index in [0.29, 0.717) is 15.7 Å². The number of halogens is 2. The predicted octanol–water partition coefficient (Wildman–Crippen LogP) is 5.40. The van der Waals surface area contributed by atoms with E-state index in [4.69, 9.17) is 27.9 Å². The first kappa shape index (κ1) is 19.0. The molecule has 0 fully saturated rings. The van der Waals surface area contributed by atoms with Gasteiger partial charge in [-0.2, -0.15) is 0 Å². The molecule has 0 radical (unpaired) electrons. The minimum absolute atomic E-state index is 0.284. The van der Waals surface area contributed by atoms with Crippen LogP contribution in [0.2, 0.25) is 10.0 Å². The Balaban J connectivity index is 1.61. The van der Waals surface area contributed by atoms with E-state index in [1.807, 2.05) is 24.3 Å². The molecule has 0 saturated carbocycles. The zero-order valence-electron chi connectivity index (χ0n) is 13.5. The lowest BCUT2D eigenvalue weighted by atomic mass is 10.2. The lowest BCUT2D eigenvalue weighted by molar-refractivity contribution is 0.102. The van der Waals surface area contributed by atoms with Crippen LogP contribution in [0.25, 0.3) is 0 Å². The van der Waals surface area contributed by atoms with Gasteiger partial charge in [-0.25, -0.2) is 0 Å². The lowest BCUT2D eigenvalue weighted by Crippen LogP contribution is -2.12.